The minimum atomic E-state index is -0.228. The molecule has 1 aromatic rings. The van der Waals surface area contributed by atoms with Gasteiger partial charge in [0, 0.05) is 19.2 Å². The average molecular weight is 348 g/mol. The molecule has 1 aliphatic rings. The van der Waals surface area contributed by atoms with Gasteiger partial charge in [0.05, 0.1) is 14.2 Å². The highest BCUT2D eigenvalue weighted by molar-refractivity contribution is 7.80. The van der Waals surface area contributed by atoms with E-state index in [9.17, 15) is 4.79 Å². The molecule has 1 aliphatic heterocycles. The largest absolute Gasteiger partial charge is 0.493 e. The first-order valence-corrected chi connectivity index (χ1v) is 8.44. The number of likely N-dealkylation sites (tertiary alicyclic amines) is 1. The molecule has 1 heterocycles. The third-order valence-electron chi connectivity index (χ3n) is 4.14. The van der Waals surface area contributed by atoms with Gasteiger partial charge in [-0.05, 0) is 54.7 Å². The highest BCUT2D eigenvalue weighted by atomic mass is 32.1. The summed E-state index contributed by atoms with van der Waals surface area (Å²) in [6, 6.07) is 5.47. The van der Waals surface area contributed by atoms with E-state index in [0.717, 1.165) is 37.4 Å². The van der Waals surface area contributed by atoms with Crippen molar-refractivity contribution in [3.05, 3.63) is 29.8 Å². The Morgan fingerprint density at radius 3 is 2.54 bits per heavy atom. The fourth-order valence-corrected chi connectivity index (χ4v) is 2.85. The number of thiocarbonyl (C=S) groups is 1. The van der Waals surface area contributed by atoms with Crippen LogP contribution in [0, 0.1) is 5.92 Å². The van der Waals surface area contributed by atoms with Crippen molar-refractivity contribution in [2.75, 3.05) is 27.3 Å². The minimum absolute atomic E-state index is 0.228. The molecule has 0 aliphatic carbocycles. The summed E-state index contributed by atoms with van der Waals surface area (Å²) in [7, 11) is 3.17. The Bertz CT molecular complexity index is 623. The van der Waals surface area contributed by atoms with Gasteiger partial charge in [-0.25, -0.2) is 0 Å². The third kappa shape index (κ3) is 4.96. The summed E-state index contributed by atoms with van der Waals surface area (Å²) >= 11 is 5.32. The number of benzene rings is 1. The highest BCUT2D eigenvalue weighted by Gasteiger charge is 2.18. The van der Waals surface area contributed by atoms with Gasteiger partial charge in [-0.3, -0.25) is 10.1 Å². The van der Waals surface area contributed by atoms with Crippen LogP contribution in [0.5, 0.6) is 11.5 Å². The SMILES string of the molecule is COc1ccc(/C=C/C(=O)NC(=S)N2CCC(C)CC2)cc1OC. The van der Waals surface area contributed by atoms with Gasteiger partial charge >= 0.3 is 0 Å². The summed E-state index contributed by atoms with van der Waals surface area (Å²) in [4.78, 5) is 14.1. The molecule has 24 heavy (non-hydrogen) atoms. The Morgan fingerprint density at radius 2 is 1.92 bits per heavy atom. The lowest BCUT2D eigenvalue weighted by atomic mass is 10.00. The maximum Gasteiger partial charge on any atom is 0.250 e. The van der Waals surface area contributed by atoms with E-state index in [0.29, 0.717) is 16.6 Å². The third-order valence-corrected chi connectivity index (χ3v) is 4.50. The number of piperidine rings is 1. The second kappa shape index (κ2) is 8.68. The summed E-state index contributed by atoms with van der Waals surface area (Å²) in [6.07, 6.45) is 5.41. The predicted molar refractivity (Wildman–Crippen MR) is 99.3 cm³/mol. The van der Waals surface area contributed by atoms with Gasteiger partial charge in [-0.1, -0.05) is 13.0 Å². The van der Waals surface area contributed by atoms with Gasteiger partial charge in [0.1, 0.15) is 0 Å². The molecule has 0 spiro atoms. The van der Waals surface area contributed by atoms with E-state index < -0.39 is 0 Å². The lowest BCUT2D eigenvalue weighted by molar-refractivity contribution is -0.115. The fourth-order valence-electron chi connectivity index (χ4n) is 2.57. The van der Waals surface area contributed by atoms with Crippen molar-refractivity contribution in [1.82, 2.24) is 10.2 Å². The first-order valence-electron chi connectivity index (χ1n) is 8.03. The van der Waals surface area contributed by atoms with Crippen molar-refractivity contribution in [2.45, 2.75) is 19.8 Å². The molecule has 2 rings (SSSR count). The molecule has 130 valence electrons. The quantitative estimate of drug-likeness (QED) is 0.670. The molecule has 0 unspecified atom stereocenters. The molecule has 1 aromatic carbocycles. The number of nitrogens with one attached hydrogen (secondary N) is 1. The molecule has 0 saturated carbocycles. The van der Waals surface area contributed by atoms with E-state index in [1.54, 1.807) is 26.4 Å². The molecule has 6 heteroatoms. The predicted octanol–water partition coefficient (Wildman–Crippen LogP) is 2.85. The zero-order chi connectivity index (χ0) is 17.5. The van der Waals surface area contributed by atoms with E-state index >= 15 is 0 Å². The zero-order valence-electron chi connectivity index (χ0n) is 14.4. The normalized spacial score (nSPS) is 15.4. The van der Waals surface area contributed by atoms with Crippen molar-refractivity contribution in [2.24, 2.45) is 5.92 Å². The van der Waals surface area contributed by atoms with Crippen LogP contribution >= 0.6 is 12.2 Å². The van der Waals surface area contributed by atoms with Crippen molar-refractivity contribution in [3.63, 3.8) is 0 Å². The van der Waals surface area contributed by atoms with E-state index in [1.165, 1.54) is 6.08 Å². The lowest BCUT2D eigenvalue weighted by Crippen LogP contribution is -2.45. The molecule has 0 radical (unpaired) electrons. The van der Waals surface area contributed by atoms with Crippen LogP contribution in [0.1, 0.15) is 25.3 Å². The second-order valence-electron chi connectivity index (χ2n) is 5.91. The molecular weight excluding hydrogens is 324 g/mol. The molecule has 5 nitrogen and oxygen atoms in total. The van der Waals surface area contributed by atoms with Gasteiger partial charge in [0.15, 0.2) is 16.6 Å². The monoisotopic (exact) mass is 348 g/mol. The van der Waals surface area contributed by atoms with Gasteiger partial charge in [-0.15, -0.1) is 0 Å². The Balaban J connectivity index is 1.92. The smallest absolute Gasteiger partial charge is 0.250 e. The zero-order valence-corrected chi connectivity index (χ0v) is 15.2. The van der Waals surface area contributed by atoms with Crippen molar-refractivity contribution in [3.8, 4) is 11.5 Å². The maximum atomic E-state index is 12.0. The van der Waals surface area contributed by atoms with E-state index in [2.05, 4.69) is 17.1 Å². The van der Waals surface area contributed by atoms with Crippen LogP contribution in [-0.2, 0) is 4.79 Å². The topological polar surface area (TPSA) is 50.8 Å². The number of carbonyl (C=O) groups excluding carboxylic acids is 1. The molecule has 1 amide bonds. The summed E-state index contributed by atoms with van der Waals surface area (Å²) in [6.45, 7) is 4.05. The lowest BCUT2D eigenvalue weighted by Gasteiger charge is -2.31. The van der Waals surface area contributed by atoms with Crippen LogP contribution in [0.15, 0.2) is 24.3 Å². The molecule has 1 fully saturated rings. The average Bonchev–Trinajstić information content (AvgIpc) is 2.60. The molecule has 0 atom stereocenters. The van der Waals surface area contributed by atoms with Crippen molar-refractivity contribution < 1.29 is 14.3 Å². The first-order chi connectivity index (χ1) is 11.5. The molecule has 1 N–H and O–H groups in total. The summed E-state index contributed by atoms with van der Waals surface area (Å²) in [5, 5.41) is 3.27. The molecule has 1 saturated heterocycles. The number of amides is 1. The number of ether oxygens (including phenoxy) is 2. The first kappa shape index (κ1) is 18.3. The van der Waals surface area contributed by atoms with Crippen LogP contribution in [0.25, 0.3) is 6.08 Å². The van der Waals surface area contributed by atoms with Gasteiger partial charge in [-0.2, -0.15) is 0 Å². The number of nitrogens with zero attached hydrogens (tertiary/aromatic N) is 1. The Morgan fingerprint density at radius 1 is 1.25 bits per heavy atom. The fraction of sp³-hybridized carbons (Fsp3) is 0.444. The van der Waals surface area contributed by atoms with Crippen LogP contribution in [0.4, 0.5) is 0 Å². The number of carbonyl (C=O) groups is 1. The van der Waals surface area contributed by atoms with Crippen molar-refractivity contribution >= 4 is 29.3 Å². The van der Waals surface area contributed by atoms with E-state index in [-0.39, 0.29) is 5.91 Å². The van der Waals surface area contributed by atoms with E-state index in [4.69, 9.17) is 21.7 Å². The molecular formula is C18H24N2O3S. The Hall–Kier alpha value is -2.08. The number of hydrogen-bond donors (Lipinski definition) is 1. The summed E-state index contributed by atoms with van der Waals surface area (Å²) in [5.74, 6) is 1.77. The maximum absolute atomic E-state index is 12.0. The van der Waals surface area contributed by atoms with Gasteiger partial charge in [0.2, 0.25) is 5.91 Å². The Kier molecular flexibility index (Phi) is 6.61. The van der Waals surface area contributed by atoms with Crippen LogP contribution < -0.4 is 14.8 Å². The Labute approximate surface area is 148 Å². The van der Waals surface area contributed by atoms with Gasteiger partial charge < -0.3 is 14.4 Å². The minimum Gasteiger partial charge on any atom is -0.493 e. The van der Waals surface area contributed by atoms with Gasteiger partial charge in [0.25, 0.3) is 0 Å². The second-order valence-corrected chi connectivity index (χ2v) is 6.30. The van der Waals surface area contributed by atoms with Crippen LogP contribution in [0.3, 0.4) is 0 Å². The van der Waals surface area contributed by atoms with Crippen molar-refractivity contribution in [1.29, 1.82) is 0 Å². The highest BCUT2D eigenvalue weighted by Crippen LogP contribution is 2.27. The summed E-state index contributed by atoms with van der Waals surface area (Å²) < 4.78 is 10.4. The standard InChI is InChI=1S/C18H24N2O3S/c1-13-8-10-20(11-9-13)18(24)19-17(21)7-5-14-4-6-15(22-2)16(12-14)23-3/h4-7,12-13H,8-11H2,1-3H3,(H,19,21,24)/b7-5+. The van der Waals surface area contributed by atoms with Crippen LogP contribution in [0.2, 0.25) is 0 Å². The number of rotatable bonds is 4. The number of methoxy groups -OCH3 is 2. The van der Waals surface area contributed by atoms with Crippen LogP contribution in [-0.4, -0.2) is 43.2 Å². The number of hydrogen-bond acceptors (Lipinski definition) is 4. The van der Waals surface area contributed by atoms with E-state index in [1.807, 2.05) is 12.1 Å². The molecule has 0 bridgehead atoms. The summed E-state index contributed by atoms with van der Waals surface area (Å²) in [5.41, 5.74) is 0.848. The molecule has 0 aromatic heterocycles.